The van der Waals surface area contributed by atoms with Crippen molar-refractivity contribution < 1.29 is 8.78 Å². The minimum absolute atomic E-state index is 0.0166. The maximum Gasteiger partial charge on any atom is 0.161 e. The zero-order chi connectivity index (χ0) is 21.3. The van der Waals surface area contributed by atoms with Crippen molar-refractivity contribution in [3.63, 3.8) is 0 Å². The number of fused-ring (bicyclic) bond motifs is 1. The third kappa shape index (κ3) is 3.86. The quantitative estimate of drug-likeness (QED) is 0.431. The van der Waals surface area contributed by atoms with Crippen LogP contribution >= 0.6 is 0 Å². The molecule has 30 heavy (non-hydrogen) atoms. The Bertz CT molecular complexity index is 1190. The van der Waals surface area contributed by atoms with E-state index in [2.05, 4.69) is 44.5 Å². The first-order valence-corrected chi connectivity index (χ1v) is 9.67. The van der Waals surface area contributed by atoms with Crippen LogP contribution in [0, 0.1) is 17.6 Å². The van der Waals surface area contributed by atoms with E-state index in [1.54, 1.807) is 24.3 Å². The van der Waals surface area contributed by atoms with Gasteiger partial charge in [-0.15, -0.1) is 10.2 Å². The zero-order valence-corrected chi connectivity index (χ0v) is 16.9. The Hall–Kier alpha value is -3.39. The molecule has 6 nitrogen and oxygen atoms in total. The average molecular weight is 408 g/mol. The third-order valence-electron chi connectivity index (χ3n) is 5.01. The highest BCUT2D eigenvalue weighted by Crippen LogP contribution is 2.28. The van der Waals surface area contributed by atoms with Crippen molar-refractivity contribution in [3.8, 4) is 11.4 Å². The van der Waals surface area contributed by atoms with Crippen molar-refractivity contribution in [1.82, 2.24) is 30.7 Å². The molecule has 2 aromatic heterocycles. The lowest BCUT2D eigenvalue weighted by molar-refractivity contribution is 0.424. The summed E-state index contributed by atoms with van der Waals surface area (Å²) in [6.45, 7) is 4.17. The minimum atomic E-state index is -0.427. The van der Waals surface area contributed by atoms with E-state index in [1.807, 2.05) is 13.1 Å². The van der Waals surface area contributed by atoms with Gasteiger partial charge in [-0.05, 0) is 48.9 Å². The topological polar surface area (TPSA) is 82.3 Å². The summed E-state index contributed by atoms with van der Waals surface area (Å²) in [4.78, 5) is 3.19. The molecule has 0 radical (unpaired) electrons. The monoisotopic (exact) mass is 408 g/mol. The van der Waals surface area contributed by atoms with Crippen LogP contribution in [0.3, 0.4) is 0 Å². The molecule has 3 N–H and O–H groups in total. The van der Waals surface area contributed by atoms with E-state index < -0.39 is 5.82 Å². The van der Waals surface area contributed by atoms with Crippen LogP contribution in [-0.4, -0.2) is 32.4 Å². The summed E-state index contributed by atoms with van der Waals surface area (Å²) in [6.07, 6.45) is 3.56. The van der Waals surface area contributed by atoms with Gasteiger partial charge in [-0.25, -0.2) is 8.78 Å². The second-order valence-corrected chi connectivity index (χ2v) is 7.44. The van der Waals surface area contributed by atoms with Gasteiger partial charge < -0.3 is 10.3 Å². The molecular weight excluding hydrogens is 386 g/mol. The first-order valence-electron chi connectivity index (χ1n) is 9.67. The number of hydrogen-bond donors (Lipinski definition) is 3. The number of nitrogens with zero attached hydrogens (tertiary/aromatic N) is 3. The molecule has 0 amide bonds. The van der Waals surface area contributed by atoms with E-state index >= 15 is 0 Å². The van der Waals surface area contributed by atoms with Gasteiger partial charge in [0.25, 0.3) is 0 Å². The highest BCUT2D eigenvalue weighted by atomic mass is 19.1. The smallest absolute Gasteiger partial charge is 0.161 e. The molecule has 2 heterocycles. The first kappa shape index (κ1) is 19.9. The number of H-pyrrole nitrogens is 2. The van der Waals surface area contributed by atoms with Gasteiger partial charge in [0.05, 0.1) is 11.7 Å². The summed E-state index contributed by atoms with van der Waals surface area (Å²) in [5, 5.41) is 19.2. The molecule has 0 bridgehead atoms. The van der Waals surface area contributed by atoms with Crippen LogP contribution in [0.4, 0.5) is 8.78 Å². The lowest BCUT2D eigenvalue weighted by atomic mass is 10.0. The van der Waals surface area contributed by atoms with Gasteiger partial charge in [0, 0.05) is 10.9 Å². The van der Waals surface area contributed by atoms with Crippen molar-refractivity contribution in [2.45, 2.75) is 19.9 Å². The van der Waals surface area contributed by atoms with E-state index in [1.165, 1.54) is 18.2 Å². The van der Waals surface area contributed by atoms with E-state index in [9.17, 15) is 8.78 Å². The molecule has 0 fully saturated rings. The second-order valence-electron chi connectivity index (χ2n) is 7.44. The van der Waals surface area contributed by atoms with Gasteiger partial charge in [-0.1, -0.05) is 32.1 Å². The van der Waals surface area contributed by atoms with Crippen LogP contribution in [0.5, 0.6) is 0 Å². The van der Waals surface area contributed by atoms with Gasteiger partial charge in [-0.2, -0.15) is 5.10 Å². The largest absolute Gasteiger partial charge is 0.324 e. The summed E-state index contributed by atoms with van der Waals surface area (Å²) < 4.78 is 27.8. The fourth-order valence-corrected chi connectivity index (χ4v) is 3.44. The van der Waals surface area contributed by atoms with E-state index in [-0.39, 0.29) is 11.9 Å². The molecular formula is C22H22F2N6. The number of aromatic nitrogens is 5. The molecule has 0 spiro atoms. The predicted octanol–water partition coefficient (Wildman–Crippen LogP) is 4.71. The Labute approximate surface area is 172 Å². The summed E-state index contributed by atoms with van der Waals surface area (Å²) in [5.74, 6) is 0.775. The number of rotatable bonds is 6. The predicted molar refractivity (Wildman–Crippen MR) is 113 cm³/mol. The lowest BCUT2D eigenvalue weighted by Crippen LogP contribution is -2.22. The highest BCUT2D eigenvalue weighted by Gasteiger charge is 2.19. The van der Waals surface area contributed by atoms with Crippen molar-refractivity contribution in [2.24, 2.45) is 5.92 Å². The molecule has 0 unspecified atom stereocenters. The fourth-order valence-electron chi connectivity index (χ4n) is 3.44. The van der Waals surface area contributed by atoms with Crippen molar-refractivity contribution in [1.29, 1.82) is 0 Å². The summed E-state index contributed by atoms with van der Waals surface area (Å²) >= 11 is 0. The van der Waals surface area contributed by atoms with Crippen LogP contribution in [0.1, 0.15) is 37.0 Å². The number of halogens is 2. The Morgan fingerprint density at radius 2 is 1.80 bits per heavy atom. The van der Waals surface area contributed by atoms with E-state index in [4.69, 9.17) is 0 Å². The lowest BCUT2D eigenvalue weighted by Gasteiger charge is -2.16. The summed E-state index contributed by atoms with van der Waals surface area (Å²) in [7, 11) is 1.86. The van der Waals surface area contributed by atoms with Crippen LogP contribution in [0.15, 0.2) is 36.4 Å². The molecule has 0 saturated carbocycles. The van der Waals surface area contributed by atoms with E-state index in [0.29, 0.717) is 39.7 Å². The van der Waals surface area contributed by atoms with Crippen LogP contribution in [0.2, 0.25) is 0 Å². The summed E-state index contributed by atoms with van der Waals surface area (Å²) in [5.41, 5.74) is 2.28. The average Bonchev–Trinajstić information content (AvgIpc) is 3.36. The third-order valence-corrected chi connectivity index (χ3v) is 5.01. The maximum atomic E-state index is 14.7. The molecule has 0 aliphatic carbocycles. The van der Waals surface area contributed by atoms with Gasteiger partial charge in [-0.3, -0.25) is 5.10 Å². The molecule has 1 atom stereocenters. The normalized spacial score (nSPS) is 13.0. The fraction of sp³-hybridized carbons (Fsp3) is 0.227. The molecule has 4 rings (SSSR count). The maximum absolute atomic E-state index is 14.7. The Balaban J connectivity index is 1.70. The molecule has 4 aromatic rings. The number of nitrogens with one attached hydrogen (secondary N) is 3. The number of aromatic amines is 2. The molecule has 0 aliphatic rings. The Morgan fingerprint density at radius 3 is 2.50 bits per heavy atom. The van der Waals surface area contributed by atoms with E-state index in [0.717, 1.165) is 5.56 Å². The first-order chi connectivity index (χ1) is 14.5. The Morgan fingerprint density at radius 1 is 1.03 bits per heavy atom. The van der Waals surface area contributed by atoms with Gasteiger partial charge >= 0.3 is 0 Å². The van der Waals surface area contributed by atoms with Crippen molar-refractivity contribution in [2.75, 3.05) is 7.05 Å². The SMILES string of the molecule is CN[C@H](c1nnc(-c2cc(F)c3[nH]nc(C=Cc4ccc(F)cc4)c3c2)[nH]1)C(C)C. The molecule has 154 valence electrons. The van der Waals surface area contributed by atoms with Crippen LogP contribution < -0.4 is 5.32 Å². The number of benzene rings is 2. The molecule has 8 heteroatoms. The minimum Gasteiger partial charge on any atom is -0.324 e. The molecule has 2 aromatic carbocycles. The zero-order valence-electron chi connectivity index (χ0n) is 16.9. The molecule has 0 aliphatic heterocycles. The summed E-state index contributed by atoms with van der Waals surface area (Å²) in [6, 6.07) is 9.34. The highest BCUT2D eigenvalue weighted by molar-refractivity contribution is 5.92. The van der Waals surface area contributed by atoms with Crippen molar-refractivity contribution in [3.05, 3.63) is 65.1 Å². The van der Waals surface area contributed by atoms with Crippen LogP contribution in [-0.2, 0) is 0 Å². The molecule has 0 saturated heterocycles. The van der Waals surface area contributed by atoms with Crippen molar-refractivity contribution >= 4 is 23.1 Å². The Kier molecular flexibility index (Phi) is 5.41. The number of hydrogen-bond acceptors (Lipinski definition) is 4. The standard InChI is InChI=1S/C22H22F2N6/c1-12(2)19(25-3)22-26-21(29-30-22)14-10-16-18(27-28-20(16)17(24)11-14)9-6-13-4-7-15(23)8-5-13/h4-12,19,25H,1-3H3,(H,27,28)(H,26,29,30)/t19-/m0/s1. The van der Waals surface area contributed by atoms with Gasteiger partial charge in [0.2, 0.25) is 0 Å². The van der Waals surface area contributed by atoms with Gasteiger partial charge in [0.1, 0.15) is 23.0 Å². The van der Waals surface area contributed by atoms with Crippen LogP contribution in [0.25, 0.3) is 34.4 Å². The second kappa shape index (κ2) is 8.16. The van der Waals surface area contributed by atoms with Gasteiger partial charge in [0.15, 0.2) is 5.82 Å².